The van der Waals surface area contributed by atoms with Gasteiger partial charge >= 0.3 is 0 Å². The van der Waals surface area contributed by atoms with Crippen molar-refractivity contribution in [2.75, 3.05) is 7.11 Å². The van der Waals surface area contributed by atoms with Gasteiger partial charge < -0.3 is 4.74 Å². The van der Waals surface area contributed by atoms with Crippen molar-refractivity contribution < 1.29 is 18.3 Å². The third-order valence-electron chi connectivity index (χ3n) is 3.17. The Bertz CT molecular complexity index is 681. The molecule has 0 aliphatic heterocycles. The average Bonchev–Trinajstić information content (AvgIpc) is 2.85. The SMILES string of the molecule is CCCn1ncc(OC)c1C(=O)c1cc(C)c(F)cc1F. The molecule has 0 amide bonds. The van der Waals surface area contributed by atoms with Crippen molar-refractivity contribution >= 4 is 5.78 Å². The fourth-order valence-corrected chi connectivity index (χ4v) is 2.09. The summed E-state index contributed by atoms with van der Waals surface area (Å²) in [6.07, 6.45) is 2.17. The van der Waals surface area contributed by atoms with Crippen LogP contribution >= 0.6 is 0 Å². The zero-order valence-electron chi connectivity index (χ0n) is 12.1. The molecule has 0 unspecified atom stereocenters. The molecule has 0 bridgehead atoms. The van der Waals surface area contributed by atoms with Gasteiger partial charge in [0.15, 0.2) is 11.4 Å². The van der Waals surface area contributed by atoms with Crippen LogP contribution in [0.4, 0.5) is 8.78 Å². The number of ether oxygens (including phenoxy) is 1. The summed E-state index contributed by atoms with van der Waals surface area (Å²) >= 11 is 0. The molecule has 21 heavy (non-hydrogen) atoms. The van der Waals surface area contributed by atoms with E-state index in [9.17, 15) is 13.6 Å². The van der Waals surface area contributed by atoms with Crippen molar-refractivity contribution in [3.63, 3.8) is 0 Å². The molecule has 6 heteroatoms. The Labute approximate surface area is 121 Å². The molecule has 1 heterocycles. The topological polar surface area (TPSA) is 44.1 Å². The molecule has 1 aromatic heterocycles. The molecule has 0 spiro atoms. The van der Waals surface area contributed by atoms with Gasteiger partial charge in [-0.15, -0.1) is 0 Å². The van der Waals surface area contributed by atoms with Crippen LogP contribution in [0.1, 0.15) is 35.0 Å². The third kappa shape index (κ3) is 2.79. The number of hydrogen-bond donors (Lipinski definition) is 0. The lowest BCUT2D eigenvalue weighted by Gasteiger charge is -2.09. The number of hydrogen-bond acceptors (Lipinski definition) is 3. The normalized spacial score (nSPS) is 10.7. The van der Waals surface area contributed by atoms with Gasteiger partial charge in [-0.05, 0) is 25.0 Å². The molecule has 0 saturated carbocycles. The Morgan fingerprint density at radius 2 is 2.05 bits per heavy atom. The number of aryl methyl sites for hydroxylation is 2. The Hall–Kier alpha value is -2.24. The van der Waals surface area contributed by atoms with Crippen LogP contribution in [0, 0.1) is 18.6 Å². The van der Waals surface area contributed by atoms with Crippen LogP contribution in [-0.4, -0.2) is 22.7 Å². The quantitative estimate of drug-likeness (QED) is 0.796. The van der Waals surface area contributed by atoms with E-state index in [4.69, 9.17) is 4.74 Å². The lowest BCUT2D eigenvalue weighted by Crippen LogP contribution is -2.14. The van der Waals surface area contributed by atoms with Crippen molar-refractivity contribution in [3.8, 4) is 5.75 Å². The lowest BCUT2D eigenvalue weighted by atomic mass is 10.0. The van der Waals surface area contributed by atoms with Crippen LogP contribution in [0.25, 0.3) is 0 Å². The molecule has 0 N–H and O–H groups in total. The highest BCUT2D eigenvalue weighted by molar-refractivity contribution is 6.09. The number of nitrogens with zero attached hydrogens (tertiary/aromatic N) is 2. The fourth-order valence-electron chi connectivity index (χ4n) is 2.09. The first-order chi connectivity index (χ1) is 9.99. The number of ketones is 1. The minimum Gasteiger partial charge on any atom is -0.493 e. The largest absolute Gasteiger partial charge is 0.493 e. The first-order valence-electron chi connectivity index (χ1n) is 6.59. The van der Waals surface area contributed by atoms with Crippen LogP contribution < -0.4 is 4.74 Å². The minimum absolute atomic E-state index is 0.171. The van der Waals surface area contributed by atoms with E-state index in [0.717, 1.165) is 12.5 Å². The Morgan fingerprint density at radius 3 is 2.67 bits per heavy atom. The highest BCUT2D eigenvalue weighted by atomic mass is 19.1. The molecular weight excluding hydrogens is 278 g/mol. The van der Waals surface area contributed by atoms with Gasteiger partial charge in [-0.3, -0.25) is 9.48 Å². The summed E-state index contributed by atoms with van der Waals surface area (Å²) < 4.78 is 33.8. The molecule has 0 radical (unpaired) electrons. The smallest absolute Gasteiger partial charge is 0.217 e. The Kier molecular flexibility index (Phi) is 4.35. The van der Waals surface area contributed by atoms with Gasteiger partial charge in [-0.2, -0.15) is 5.10 Å². The van der Waals surface area contributed by atoms with E-state index in [1.54, 1.807) is 0 Å². The molecule has 0 aliphatic carbocycles. The summed E-state index contributed by atoms with van der Waals surface area (Å²) in [5.41, 5.74) is 0.189. The summed E-state index contributed by atoms with van der Waals surface area (Å²) in [6.45, 7) is 3.92. The van der Waals surface area contributed by atoms with Gasteiger partial charge in [0.05, 0.1) is 18.9 Å². The monoisotopic (exact) mass is 294 g/mol. The zero-order valence-corrected chi connectivity index (χ0v) is 12.1. The van der Waals surface area contributed by atoms with Gasteiger partial charge in [-0.25, -0.2) is 8.78 Å². The number of benzene rings is 1. The number of carbonyl (C=O) groups is 1. The van der Waals surface area contributed by atoms with Crippen LogP contribution in [0.2, 0.25) is 0 Å². The summed E-state index contributed by atoms with van der Waals surface area (Å²) in [5, 5.41) is 4.07. The second-order valence-corrected chi connectivity index (χ2v) is 4.70. The van der Waals surface area contributed by atoms with Crippen molar-refractivity contribution in [1.82, 2.24) is 9.78 Å². The molecule has 0 fully saturated rings. The Balaban J connectivity index is 2.54. The maximum Gasteiger partial charge on any atom is 0.217 e. The van der Waals surface area contributed by atoms with E-state index in [1.165, 1.54) is 31.0 Å². The van der Waals surface area contributed by atoms with Crippen LogP contribution in [-0.2, 0) is 6.54 Å². The van der Waals surface area contributed by atoms with E-state index >= 15 is 0 Å². The maximum atomic E-state index is 13.9. The number of carbonyl (C=O) groups excluding carboxylic acids is 1. The summed E-state index contributed by atoms with van der Waals surface area (Å²) in [5.74, 6) is -1.87. The van der Waals surface area contributed by atoms with Gasteiger partial charge in [0, 0.05) is 12.6 Å². The molecule has 1 aromatic carbocycles. The first-order valence-corrected chi connectivity index (χ1v) is 6.59. The molecule has 4 nitrogen and oxygen atoms in total. The highest BCUT2D eigenvalue weighted by Crippen LogP contribution is 2.24. The van der Waals surface area contributed by atoms with E-state index in [2.05, 4.69) is 5.10 Å². The fraction of sp³-hybridized carbons (Fsp3) is 0.333. The summed E-state index contributed by atoms with van der Waals surface area (Å²) in [7, 11) is 1.41. The van der Waals surface area contributed by atoms with E-state index < -0.39 is 17.4 Å². The predicted octanol–water partition coefficient (Wildman–Crippen LogP) is 3.12. The minimum atomic E-state index is -0.894. The number of methoxy groups -OCH3 is 1. The van der Waals surface area contributed by atoms with E-state index in [0.29, 0.717) is 6.54 Å². The molecule has 2 rings (SSSR count). The van der Waals surface area contributed by atoms with Crippen LogP contribution in [0.5, 0.6) is 5.75 Å². The number of aromatic nitrogens is 2. The molecule has 2 aromatic rings. The Morgan fingerprint density at radius 1 is 1.33 bits per heavy atom. The van der Waals surface area contributed by atoms with E-state index in [1.807, 2.05) is 6.92 Å². The van der Waals surface area contributed by atoms with Crippen molar-refractivity contribution in [3.05, 3.63) is 46.8 Å². The molecule has 0 atom stereocenters. The maximum absolute atomic E-state index is 13.9. The van der Waals surface area contributed by atoms with Crippen LogP contribution in [0.15, 0.2) is 18.3 Å². The van der Waals surface area contributed by atoms with Gasteiger partial charge in [0.25, 0.3) is 0 Å². The van der Waals surface area contributed by atoms with Gasteiger partial charge in [0.1, 0.15) is 11.6 Å². The molecular formula is C15H16F2N2O2. The predicted molar refractivity (Wildman–Crippen MR) is 73.6 cm³/mol. The first kappa shape index (κ1) is 15.2. The standard InChI is InChI=1S/C15H16F2N2O2/c1-4-5-19-14(13(21-3)8-18-19)15(20)10-6-9(2)11(16)7-12(10)17/h6-8H,4-5H2,1-3H3. The summed E-state index contributed by atoms with van der Waals surface area (Å²) in [4.78, 5) is 12.6. The molecule has 0 aliphatic rings. The molecule has 112 valence electrons. The van der Waals surface area contributed by atoms with Crippen LogP contribution in [0.3, 0.4) is 0 Å². The zero-order chi connectivity index (χ0) is 15.6. The van der Waals surface area contributed by atoms with Gasteiger partial charge in [0.2, 0.25) is 5.78 Å². The second kappa shape index (κ2) is 6.03. The van der Waals surface area contributed by atoms with E-state index in [-0.39, 0.29) is 22.6 Å². The number of rotatable bonds is 5. The van der Waals surface area contributed by atoms with Crippen molar-refractivity contribution in [2.45, 2.75) is 26.8 Å². The molecule has 0 saturated heterocycles. The lowest BCUT2D eigenvalue weighted by molar-refractivity contribution is 0.102. The van der Waals surface area contributed by atoms with Gasteiger partial charge in [-0.1, -0.05) is 6.92 Å². The van der Waals surface area contributed by atoms with Crippen molar-refractivity contribution in [2.24, 2.45) is 0 Å². The average molecular weight is 294 g/mol. The summed E-state index contributed by atoms with van der Waals surface area (Å²) in [6, 6.07) is 1.92. The second-order valence-electron chi connectivity index (χ2n) is 4.70. The van der Waals surface area contributed by atoms with Crippen molar-refractivity contribution in [1.29, 1.82) is 0 Å². The highest BCUT2D eigenvalue weighted by Gasteiger charge is 2.24. The number of halogens is 2. The third-order valence-corrected chi connectivity index (χ3v) is 3.17.